The highest BCUT2D eigenvalue weighted by atomic mass is 32.1. The minimum atomic E-state index is 0.549. The maximum Gasteiger partial charge on any atom is 0.0393 e. The second kappa shape index (κ2) is 8.66. The van der Waals surface area contributed by atoms with Crippen LogP contribution in [0.5, 0.6) is 0 Å². The third kappa shape index (κ3) is 3.50. The van der Waals surface area contributed by atoms with Crippen LogP contribution >= 0.6 is 11.3 Å². The van der Waals surface area contributed by atoms with E-state index in [0.29, 0.717) is 5.92 Å². The van der Waals surface area contributed by atoms with Gasteiger partial charge in [-0.15, -0.1) is 11.3 Å². The Morgan fingerprint density at radius 1 is 0.564 bits per heavy atom. The van der Waals surface area contributed by atoms with Crippen molar-refractivity contribution in [2.75, 3.05) is 0 Å². The van der Waals surface area contributed by atoms with Gasteiger partial charge in [0.1, 0.15) is 0 Å². The Kier molecular flexibility index (Phi) is 5.05. The van der Waals surface area contributed by atoms with Gasteiger partial charge in [0.2, 0.25) is 0 Å². The first-order chi connectivity index (χ1) is 19.2. The average molecular weight is 517 g/mol. The lowest BCUT2D eigenvalue weighted by Crippen LogP contribution is -2.02. The Balaban J connectivity index is 1.33. The van der Waals surface area contributed by atoms with Crippen molar-refractivity contribution in [2.45, 2.75) is 26.2 Å². The number of allylic oxidation sites excluding steroid dienone is 1. The van der Waals surface area contributed by atoms with Crippen LogP contribution < -0.4 is 0 Å². The van der Waals surface area contributed by atoms with E-state index in [1.807, 2.05) is 11.3 Å². The van der Waals surface area contributed by atoms with Gasteiger partial charge < -0.3 is 0 Å². The Hall–Kier alpha value is -4.20. The predicted molar refractivity (Wildman–Crippen MR) is 171 cm³/mol. The monoisotopic (exact) mass is 516 g/mol. The molecule has 0 fully saturated rings. The zero-order valence-corrected chi connectivity index (χ0v) is 23.0. The summed E-state index contributed by atoms with van der Waals surface area (Å²) in [6, 6.07) is 40.7. The van der Waals surface area contributed by atoms with Gasteiger partial charge in [-0.1, -0.05) is 104 Å². The first-order valence-corrected chi connectivity index (χ1v) is 14.6. The van der Waals surface area contributed by atoms with Crippen LogP contribution in [0.1, 0.15) is 40.8 Å². The standard InChI is InChI=1S/C38H28S/c1-23-19-26(21-27(20-23)28-17-15-24(2)37-34-13-7-8-14-36(34)39-38(28)37)25-16-18-33-31-11-4-3-9-29(31)30-10-5-6-12-32(30)35(33)22-25/h3-14,16-22,24H,15H2,1-2H3. The Labute approximate surface area is 232 Å². The third-order valence-corrected chi connectivity index (χ3v) is 9.73. The second-order valence-electron chi connectivity index (χ2n) is 11.0. The zero-order valence-electron chi connectivity index (χ0n) is 22.2. The first-order valence-electron chi connectivity index (χ1n) is 13.8. The Morgan fingerprint density at radius 2 is 1.15 bits per heavy atom. The maximum atomic E-state index is 2.47. The summed E-state index contributed by atoms with van der Waals surface area (Å²) in [5.74, 6) is 0.549. The predicted octanol–water partition coefficient (Wildman–Crippen LogP) is 11.3. The molecule has 0 saturated heterocycles. The number of aryl methyl sites for hydroxylation is 1. The van der Waals surface area contributed by atoms with Crippen LogP contribution in [0.15, 0.2) is 115 Å². The molecule has 0 spiro atoms. The van der Waals surface area contributed by atoms with E-state index in [2.05, 4.69) is 129 Å². The van der Waals surface area contributed by atoms with Crippen LogP contribution in [0.4, 0.5) is 0 Å². The lowest BCUT2D eigenvalue weighted by Gasteiger charge is -2.21. The number of rotatable bonds is 2. The van der Waals surface area contributed by atoms with Gasteiger partial charge in [0.25, 0.3) is 0 Å². The normalized spacial score (nSPS) is 15.2. The van der Waals surface area contributed by atoms with Crippen molar-refractivity contribution < 1.29 is 0 Å². The van der Waals surface area contributed by atoms with Gasteiger partial charge in [-0.25, -0.2) is 0 Å². The van der Waals surface area contributed by atoms with Gasteiger partial charge in [-0.05, 0) is 109 Å². The quantitative estimate of drug-likeness (QED) is 0.200. The summed E-state index contributed by atoms with van der Waals surface area (Å²) in [6.45, 7) is 4.60. The van der Waals surface area contributed by atoms with Crippen molar-refractivity contribution in [3.05, 3.63) is 137 Å². The van der Waals surface area contributed by atoms with E-state index in [0.717, 1.165) is 6.42 Å². The molecule has 1 atom stereocenters. The van der Waals surface area contributed by atoms with Gasteiger partial charge in [0.05, 0.1) is 0 Å². The van der Waals surface area contributed by atoms with E-state index in [9.17, 15) is 0 Å². The molecule has 186 valence electrons. The summed E-state index contributed by atoms with van der Waals surface area (Å²) >= 11 is 1.95. The van der Waals surface area contributed by atoms with Crippen LogP contribution in [-0.2, 0) is 0 Å². The van der Waals surface area contributed by atoms with Crippen LogP contribution in [-0.4, -0.2) is 0 Å². The third-order valence-electron chi connectivity index (χ3n) is 8.51. The minimum Gasteiger partial charge on any atom is -0.135 e. The fraction of sp³-hybridized carbons (Fsp3) is 0.105. The molecule has 0 radical (unpaired) electrons. The Bertz CT molecular complexity index is 2090. The Morgan fingerprint density at radius 3 is 1.87 bits per heavy atom. The summed E-state index contributed by atoms with van der Waals surface area (Å²) in [4.78, 5) is 1.45. The number of thiophene rings is 1. The lowest BCUT2D eigenvalue weighted by atomic mass is 9.84. The van der Waals surface area contributed by atoms with Crippen molar-refractivity contribution in [1.82, 2.24) is 0 Å². The van der Waals surface area contributed by atoms with Crippen molar-refractivity contribution in [3.63, 3.8) is 0 Å². The van der Waals surface area contributed by atoms with Crippen LogP contribution in [0.25, 0.3) is 59.1 Å². The molecule has 39 heavy (non-hydrogen) atoms. The van der Waals surface area contributed by atoms with Crippen molar-refractivity contribution in [1.29, 1.82) is 0 Å². The molecule has 0 N–H and O–H groups in total. The number of hydrogen-bond donors (Lipinski definition) is 0. The van der Waals surface area contributed by atoms with Gasteiger partial charge in [-0.3, -0.25) is 0 Å². The van der Waals surface area contributed by atoms with Gasteiger partial charge in [0.15, 0.2) is 0 Å². The molecule has 0 aliphatic heterocycles. The van der Waals surface area contributed by atoms with Crippen molar-refractivity contribution in [3.8, 4) is 11.1 Å². The largest absolute Gasteiger partial charge is 0.135 e. The summed E-state index contributed by atoms with van der Waals surface area (Å²) < 4.78 is 1.39. The highest BCUT2D eigenvalue weighted by Crippen LogP contribution is 2.47. The highest BCUT2D eigenvalue weighted by molar-refractivity contribution is 7.20. The molecule has 1 heterocycles. The van der Waals surface area contributed by atoms with Gasteiger partial charge in [0, 0.05) is 9.58 Å². The molecule has 6 aromatic carbocycles. The number of fused-ring (bicyclic) bond motifs is 9. The SMILES string of the molecule is Cc1cc(C2=CCC(C)c3c2sc2ccccc32)cc(-c2ccc3c4ccccc4c4ccccc4c3c2)c1. The van der Waals surface area contributed by atoms with Crippen LogP contribution in [0, 0.1) is 6.92 Å². The summed E-state index contributed by atoms with van der Waals surface area (Å²) in [7, 11) is 0. The summed E-state index contributed by atoms with van der Waals surface area (Å²) in [5.41, 5.74) is 8.11. The van der Waals surface area contributed by atoms with E-state index in [1.54, 1.807) is 0 Å². The fourth-order valence-corrected chi connectivity index (χ4v) is 8.09. The summed E-state index contributed by atoms with van der Waals surface area (Å²) in [5, 5.41) is 9.35. The molecule has 0 nitrogen and oxygen atoms in total. The fourth-order valence-electron chi connectivity index (χ4n) is 6.70. The van der Waals surface area contributed by atoms with Crippen LogP contribution in [0.2, 0.25) is 0 Å². The smallest absolute Gasteiger partial charge is 0.0393 e. The molecule has 1 aliphatic carbocycles. The van der Waals surface area contributed by atoms with E-state index in [4.69, 9.17) is 0 Å². The molecule has 1 heteroatoms. The molecule has 0 saturated carbocycles. The first kappa shape index (κ1) is 22.8. The molecule has 1 aliphatic rings. The van der Waals surface area contributed by atoms with Gasteiger partial charge in [-0.2, -0.15) is 0 Å². The van der Waals surface area contributed by atoms with E-state index in [-0.39, 0.29) is 0 Å². The second-order valence-corrected chi connectivity index (χ2v) is 12.1. The van der Waals surface area contributed by atoms with Gasteiger partial charge >= 0.3 is 0 Å². The van der Waals surface area contributed by atoms with Crippen LogP contribution in [0.3, 0.4) is 0 Å². The lowest BCUT2D eigenvalue weighted by molar-refractivity contribution is 0.780. The molecule has 1 unspecified atom stereocenters. The molecule has 0 amide bonds. The average Bonchev–Trinajstić information content (AvgIpc) is 3.37. The van der Waals surface area contributed by atoms with E-state index in [1.165, 1.54) is 80.7 Å². The minimum absolute atomic E-state index is 0.549. The highest BCUT2D eigenvalue weighted by Gasteiger charge is 2.24. The molecular formula is C38H28S. The molecule has 1 aromatic heterocycles. The topological polar surface area (TPSA) is 0 Å². The number of hydrogen-bond acceptors (Lipinski definition) is 1. The van der Waals surface area contributed by atoms with E-state index >= 15 is 0 Å². The molecule has 8 rings (SSSR count). The summed E-state index contributed by atoms with van der Waals surface area (Å²) in [6.07, 6.45) is 3.56. The molecule has 7 aromatic rings. The van der Waals surface area contributed by atoms with E-state index < -0.39 is 0 Å². The van der Waals surface area contributed by atoms with Crippen molar-refractivity contribution >= 4 is 59.3 Å². The molecule has 0 bridgehead atoms. The zero-order chi connectivity index (χ0) is 26.1. The van der Waals surface area contributed by atoms with Crippen molar-refractivity contribution in [2.24, 2.45) is 0 Å². The molecular weight excluding hydrogens is 488 g/mol. The maximum absolute atomic E-state index is 2.47. The number of benzene rings is 6.